The molecule has 0 aromatic heterocycles. The number of hydrogen-bond donors (Lipinski definition) is 1. The quantitative estimate of drug-likeness (QED) is 0.892. The third-order valence-electron chi connectivity index (χ3n) is 3.67. The molecule has 0 unspecified atom stereocenters. The van der Waals surface area contributed by atoms with Crippen molar-refractivity contribution in [2.24, 2.45) is 5.73 Å². The Labute approximate surface area is 112 Å². The number of hydrogen-bond acceptors (Lipinski definition) is 2. The lowest BCUT2D eigenvalue weighted by Crippen LogP contribution is -2.20. The first kappa shape index (κ1) is 12.2. The molecule has 2 aromatic rings. The van der Waals surface area contributed by atoms with Crippen LogP contribution in [0.2, 0.25) is 0 Å². The lowest BCUT2D eigenvalue weighted by atomic mass is 10.1. The lowest BCUT2D eigenvalue weighted by Gasteiger charge is -2.23. The number of fused-ring (bicyclic) bond motifs is 1. The highest BCUT2D eigenvalue weighted by atomic mass is 19.1. The fourth-order valence-electron chi connectivity index (χ4n) is 2.76. The van der Waals surface area contributed by atoms with E-state index in [1.54, 1.807) is 6.07 Å². The molecule has 98 valence electrons. The van der Waals surface area contributed by atoms with Crippen LogP contribution in [-0.2, 0) is 13.1 Å². The van der Waals surface area contributed by atoms with Gasteiger partial charge in [-0.3, -0.25) is 0 Å². The Morgan fingerprint density at radius 3 is 2.26 bits per heavy atom. The molecule has 2 nitrogen and oxygen atoms in total. The molecule has 0 saturated carbocycles. The maximum Gasteiger partial charge on any atom is 0.130 e. The summed E-state index contributed by atoms with van der Waals surface area (Å²) in [5, 5.41) is 0. The summed E-state index contributed by atoms with van der Waals surface area (Å²) in [5.74, 6) is -0.219. The van der Waals surface area contributed by atoms with Crippen molar-refractivity contribution in [3.8, 4) is 0 Å². The summed E-state index contributed by atoms with van der Waals surface area (Å²) in [7, 11) is 0. The molecule has 0 fully saturated rings. The smallest absolute Gasteiger partial charge is 0.130 e. The van der Waals surface area contributed by atoms with Gasteiger partial charge in [0.2, 0.25) is 0 Å². The van der Waals surface area contributed by atoms with Gasteiger partial charge < -0.3 is 10.6 Å². The Balaban J connectivity index is 2.00. The Bertz CT molecular complexity index is 582. The van der Waals surface area contributed by atoms with Crippen LogP contribution in [0.3, 0.4) is 0 Å². The van der Waals surface area contributed by atoms with Gasteiger partial charge >= 0.3 is 0 Å². The maximum absolute atomic E-state index is 14.0. The first-order chi connectivity index (χ1) is 9.16. The van der Waals surface area contributed by atoms with Crippen molar-refractivity contribution in [1.82, 2.24) is 0 Å². The van der Waals surface area contributed by atoms with Crippen LogP contribution in [0.1, 0.15) is 29.7 Å². The van der Waals surface area contributed by atoms with Gasteiger partial charge in [0.25, 0.3) is 0 Å². The molecule has 3 rings (SSSR count). The minimum atomic E-state index is -0.306. The molecule has 1 aliphatic heterocycles. The number of anilines is 1. The number of benzene rings is 2. The van der Waals surface area contributed by atoms with Gasteiger partial charge in [-0.2, -0.15) is 0 Å². The van der Waals surface area contributed by atoms with Crippen molar-refractivity contribution in [2.45, 2.75) is 26.1 Å². The van der Waals surface area contributed by atoms with E-state index in [2.05, 4.69) is 17.0 Å². The Hall–Kier alpha value is -1.87. The molecule has 2 aromatic carbocycles. The van der Waals surface area contributed by atoms with Gasteiger partial charge in [-0.15, -0.1) is 0 Å². The first-order valence-electron chi connectivity index (χ1n) is 6.52. The van der Waals surface area contributed by atoms with Gasteiger partial charge in [0.15, 0.2) is 0 Å². The fourth-order valence-corrected chi connectivity index (χ4v) is 2.76. The highest BCUT2D eigenvalue weighted by Gasteiger charge is 2.23. The second-order valence-electron chi connectivity index (χ2n) is 5.09. The predicted octanol–water partition coefficient (Wildman–Crippen LogP) is 3.37. The van der Waals surface area contributed by atoms with Crippen LogP contribution in [0, 0.1) is 5.82 Å². The topological polar surface area (TPSA) is 29.3 Å². The van der Waals surface area contributed by atoms with Gasteiger partial charge in [-0.25, -0.2) is 4.39 Å². The summed E-state index contributed by atoms with van der Waals surface area (Å²) in [4.78, 5) is 2.19. The van der Waals surface area contributed by atoms with Crippen LogP contribution < -0.4 is 10.6 Å². The first-order valence-corrected chi connectivity index (χ1v) is 6.52. The van der Waals surface area contributed by atoms with Gasteiger partial charge in [0, 0.05) is 30.4 Å². The molecular weight excluding hydrogens is 239 g/mol. The van der Waals surface area contributed by atoms with E-state index in [1.807, 2.05) is 25.1 Å². The van der Waals surface area contributed by atoms with E-state index in [-0.39, 0.29) is 11.9 Å². The van der Waals surface area contributed by atoms with E-state index in [0.29, 0.717) is 5.56 Å². The summed E-state index contributed by atoms with van der Waals surface area (Å²) < 4.78 is 14.0. The summed E-state index contributed by atoms with van der Waals surface area (Å²) in [6.07, 6.45) is 0. The lowest BCUT2D eigenvalue weighted by molar-refractivity contribution is 0.591. The molecule has 19 heavy (non-hydrogen) atoms. The van der Waals surface area contributed by atoms with Gasteiger partial charge in [-0.1, -0.05) is 30.3 Å². The number of nitrogens with two attached hydrogens (primary N) is 1. The molecule has 2 N–H and O–H groups in total. The average molecular weight is 256 g/mol. The molecule has 0 bridgehead atoms. The van der Waals surface area contributed by atoms with Crippen molar-refractivity contribution < 1.29 is 4.39 Å². The Morgan fingerprint density at radius 2 is 1.68 bits per heavy atom. The van der Waals surface area contributed by atoms with E-state index >= 15 is 0 Å². The van der Waals surface area contributed by atoms with Crippen molar-refractivity contribution in [2.75, 3.05) is 4.90 Å². The highest BCUT2D eigenvalue weighted by molar-refractivity contribution is 5.58. The minimum absolute atomic E-state index is 0.219. The zero-order valence-corrected chi connectivity index (χ0v) is 10.9. The van der Waals surface area contributed by atoms with Crippen LogP contribution in [0.4, 0.5) is 10.1 Å². The highest BCUT2D eigenvalue weighted by Crippen LogP contribution is 2.33. The van der Waals surface area contributed by atoms with Crippen LogP contribution in [0.15, 0.2) is 42.5 Å². The minimum Gasteiger partial charge on any atom is -0.362 e. The molecule has 1 heterocycles. The van der Waals surface area contributed by atoms with Crippen LogP contribution in [-0.4, -0.2) is 0 Å². The standard InChI is InChI=1S/C16H17FN2/c1-11(18)16-14(17)7-4-8-15(16)19-9-12-5-2-3-6-13(12)10-19/h2-8,11H,9-10,18H2,1H3/t11-/m0/s1. The molecule has 1 atom stereocenters. The fraction of sp³-hybridized carbons (Fsp3) is 0.250. The second kappa shape index (κ2) is 4.67. The average Bonchev–Trinajstić information content (AvgIpc) is 2.81. The molecule has 0 aliphatic carbocycles. The maximum atomic E-state index is 14.0. The van der Waals surface area contributed by atoms with Crippen LogP contribution >= 0.6 is 0 Å². The Kier molecular flexibility index (Phi) is 2.99. The molecule has 0 spiro atoms. The van der Waals surface area contributed by atoms with Crippen molar-refractivity contribution in [1.29, 1.82) is 0 Å². The van der Waals surface area contributed by atoms with Crippen molar-refractivity contribution >= 4 is 5.69 Å². The molecule has 0 saturated heterocycles. The normalized spacial score (nSPS) is 15.4. The van der Waals surface area contributed by atoms with Crippen LogP contribution in [0.25, 0.3) is 0 Å². The summed E-state index contributed by atoms with van der Waals surface area (Å²) in [6.45, 7) is 3.46. The van der Waals surface area contributed by atoms with E-state index in [0.717, 1.165) is 18.8 Å². The third-order valence-corrected chi connectivity index (χ3v) is 3.67. The summed E-state index contributed by atoms with van der Waals surface area (Å²) in [6, 6.07) is 13.2. The molecule has 3 heteroatoms. The molecule has 0 radical (unpaired) electrons. The monoisotopic (exact) mass is 256 g/mol. The van der Waals surface area contributed by atoms with Crippen LogP contribution in [0.5, 0.6) is 0 Å². The van der Waals surface area contributed by atoms with Crippen molar-refractivity contribution in [3.05, 3.63) is 65.0 Å². The number of nitrogens with zero attached hydrogens (tertiary/aromatic N) is 1. The van der Waals surface area contributed by atoms with E-state index in [9.17, 15) is 4.39 Å². The second-order valence-corrected chi connectivity index (χ2v) is 5.09. The zero-order chi connectivity index (χ0) is 13.4. The van der Waals surface area contributed by atoms with E-state index < -0.39 is 0 Å². The number of rotatable bonds is 2. The zero-order valence-electron chi connectivity index (χ0n) is 10.9. The molecule has 0 amide bonds. The molecule has 1 aliphatic rings. The predicted molar refractivity (Wildman–Crippen MR) is 75.3 cm³/mol. The van der Waals surface area contributed by atoms with Crippen molar-refractivity contribution in [3.63, 3.8) is 0 Å². The van der Waals surface area contributed by atoms with Gasteiger partial charge in [0.05, 0.1) is 0 Å². The van der Waals surface area contributed by atoms with E-state index in [1.165, 1.54) is 17.2 Å². The summed E-state index contributed by atoms with van der Waals surface area (Å²) >= 11 is 0. The van der Waals surface area contributed by atoms with E-state index in [4.69, 9.17) is 5.73 Å². The van der Waals surface area contributed by atoms with Gasteiger partial charge in [0.1, 0.15) is 5.82 Å². The number of halogens is 1. The third kappa shape index (κ3) is 2.10. The van der Waals surface area contributed by atoms with Gasteiger partial charge in [-0.05, 0) is 30.2 Å². The molecular formula is C16H17FN2. The summed E-state index contributed by atoms with van der Waals surface area (Å²) in [5.41, 5.74) is 10.1. The Morgan fingerprint density at radius 1 is 1.05 bits per heavy atom. The largest absolute Gasteiger partial charge is 0.362 e. The SMILES string of the molecule is C[C@H](N)c1c(F)cccc1N1Cc2ccccc2C1.